The van der Waals surface area contributed by atoms with Crippen LogP contribution in [0, 0.1) is 5.82 Å². The number of amides is 1. The third-order valence-electron chi connectivity index (χ3n) is 3.07. The molecular formula is C18H13FN2O2. The SMILES string of the molecule is O=C(Nc1cccc(Oc2cccnc2)c1)c1ccc(F)cc1. The van der Waals surface area contributed by atoms with E-state index >= 15 is 0 Å². The van der Waals surface area contributed by atoms with Gasteiger partial charge in [-0.2, -0.15) is 0 Å². The lowest BCUT2D eigenvalue weighted by atomic mass is 10.2. The summed E-state index contributed by atoms with van der Waals surface area (Å²) in [5, 5.41) is 2.75. The Bertz CT molecular complexity index is 805. The number of halogens is 1. The number of nitrogens with zero attached hydrogens (tertiary/aromatic N) is 1. The lowest BCUT2D eigenvalue weighted by molar-refractivity contribution is 0.102. The quantitative estimate of drug-likeness (QED) is 0.783. The predicted molar refractivity (Wildman–Crippen MR) is 85.1 cm³/mol. The first kappa shape index (κ1) is 14.7. The summed E-state index contributed by atoms with van der Waals surface area (Å²) < 4.78 is 18.5. The summed E-state index contributed by atoms with van der Waals surface area (Å²) >= 11 is 0. The van der Waals surface area contributed by atoms with E-state index in [1.54, 1.807) is 48.8 Å². The van der Waals surface area contributed by atoms with Crippen LogP contribution in [0.15, 0.2) is 73.1 Å². The predicted octanol–water partition coefficient (Wildman–Crippen LogP) is 4.27. The Hall–Kier alpha value is -3.21. The van der Waals surface area contributed by atoms with Gasteiger partial charge in [0, 0.05) is 23.5 Å². The van der Waals surface area contributed by atoms with Crippen LogP contribution in [0.25, 0.3) is 0 Å². The first-order valence-corrected chi connectivity index (χ1v) is 6.95. The lowest BCUT2D eigenvalue weighted by Gasteiger charge is -2.09. The van der Waals surface area contributed by atoms with Crippen LogP contribution in [0.3, 0.4) is 0 Å². The third kappa shape index (κ3) is 3.91. The van der Waals surface area contributed by atoms with Crippen molar-refractivity contribution in [3.8, 4) is 11.5 Å². The third-order valence-corrected chi connectivity index (χ3v) is 3.07. The maximum Gasteiger partial charge on any atom is 0.255 e. The second kappa shape index (κ2) is 6.70. The number of aromatic nitrogens is 1. The molecule has 0 bridgehead atoms. The Kier molecular flexibility index (Phi) is 4.29. The zero-order chi connectivity index (χ0) is 16.1. The van der Waals surface area contributed by atoms with E-state index in [9.17, 15) is 9.18 Å². The number of rotatable bonds is 4. The molecule has 0 atom stereocenters. The van der Waals surface area contributed by atoms with Gasteiger partial charge in [-0.1, -0.05) is 6.07 Å². The minimum absolute atomic E-state index is 0.316. The Morgan fingerprint density at radius 3 is 2.52 bits per heavy atom. The molecule has 3 rings (SSSR count). The highest BCUT2D eigenvalue weighted by Crippen LogP contribution is 2.23. The van der Waals surface area contributed by atoms with E-state index in [0.717, 1.165) is 0 Å². The fourth-order valence-corrected chi connectivity index (χ4v) is 1.99. The average molecular weight is 308 g/mol. The van der Waals surface area contributed by atoms with Crippen molar-refractivity contribution < 1.29 is 13.9 Å². The van der Waals surface area contributed by atoms with Crippen LogP contribution in [0.4, 0.5) is 10.1 Å². The summed E-state index contributed by atoms with van der Waals surface area (Å²) in [7, 11) is 0. The molecule has 0 fully saturated rings. The van der Waals surface area contributed by atoms with Gasteiger partial charge in [-0.05, 0) is 48.5 Å². The first-order valence-electron chi connectivity index (χ1n) is 6.95. The van der Waals surface area contributed by atoms with Gasteiger partial charge in [-0.25, -0.2) is 4.39 Å². The Morgan fingerprint density at radius 1 is 1.00 bits per heavy atom. The van der Waals surface area contributed by atoms with Crippen molar-refractivity contribution in [2.24, 2.45) is 0 Å². The van der Waals surface area contributed by atoms with Crippen molar-refractivity contribution in [1.29, 1.82) is 0 Å². The minimum atomic E-state index is -0.381. The van der Waals surface area contributed by atoms with Gasteiger partial charge in [0.1, 0.15) is 17.3 Å². The van der Waals surface area contributed by atoms with Gasteiger partial charge < -0.3 is 10.1 Å². The Balaban J connectivity index is 1.72. The van der Waals surface area contributed by atoms with Crippen LogP contribution >= 0.6 is 0 Å². The highest BCUT2D eigenvalue weighted by atomic mass is 19.1. The molecule has 0 saturated carbocycles. The summed E-state index contributed by atoms with van der Waals surface area (Å²) in [6, 6.07) is 15.9. The van der Waals surface area contributed by atoms with Gasteiger partial charge in [0.25, 0.3) is 5.91 Å². The number of carbonyl (C=O) groups excluding carboxylic acids is 1. The number of benzene rings is 2. The fraction of sp³-hybridized carbons (Fsp3) is 0. The number of hydrogen-bond acceptors (Lipinski definition) is 3. The van der Waals surface area contributed by atoms with Gasteiger partial charge in [0.15, 0.2) is 0 Å². The van der Waals surface area contributed by atoms with E-state index < -0.39 is 0 Å². The van der Waals surface area contributed by atoms with Crippen molar-refractivity contribution in [1.82, 2.24) is 4.98 Å². The van der Waals surface area contributed by atoms with Crippen LogP contribution in [0.2, 0.25) is 0 Å². The fourth-order valence-electron chi connectivity index (χ4n) is 1.99. The molecule has 0 aliphatic heterocycles. The molecule has 0 spiro atoms. The number of carbonyl (C=O) groups is 1. The molecule has 0 radical (unpaired) electrons. The van der Waals surface area contributed by atoms with E-state index in [0.29, 0.717) is 22.7 Å². The molecule has 1 amide bonds. The number of anilines is 1. The lowest BCUT2D eigenvalue weighted by Crippen LogP contribution is -2.11. The standard InChI is InChI=1S/C18H13FN2O2/c19-14-8-6-13(7-9-14)18(22)21-15-3-1-4-16(11-15)23-17-5-2-10-20-12-17/h1-12H,(H,21,22). The topological polar surface area (TPSA) is 51.2 Å². The second-order valence-electron chi connectivity index (χ2n) is 4.78. The summed E-state index contributed by atoms with van der Waals surface area (Å²) in [5.41, 5.74) is 0.964. The van der Waals surface area contributed by atoms with E-state index in [-0.39, 0.29) is 11.7 Å². The van der Waals surface area contributed by atoms with Crippen LogP contribution in [-0.4, -0.2) is 10.9 Å². The van der Waals surface area contributed by atoms with Crippen molar-refractivity contribution in [2.45, 2.75) is 0 Å². The Labute approximate surface area is 132 Å². The summed E-state index contributed by atoms with van der Waals surface area (Å²) in [6.07, 6.45) is 3.26. The van der Waals surface area contributed by atoms with E-state index in [4.69, 9.17) is 4.74 Å². The largest absolute Gasteiger partial charge is 0.456 e. The van der Waals surface area contributed by atoms with Crippen LogP contribution < -0.4 is 10.1 Å². The van der Waals surface area contributed by atoms with Crippen molar-refractivity contribution in [3.63, 3.8) is 0 Å². The summed E-state index contributed by atoms with van der Waals surface area (Å²) in [6.45, 7) is 0. The molecule has 2 aromatic carbocycles. The molecule has 5 heteroatoms. The minimum Gasteiger partial charge on any atom is -0.456 e. The van der Waals surface area contributed by atoms with Crippen molar-refractivity contribution in [3.05, 3.63) is 84.4 Å². The van der Waals surface area contributed by atoms with Gasteiger partial charge in [-0.3, -0.25) is 9.78 Å². The normalized spacial score (nSPS) is 10.1. The molecule has 23 heavy (non-hydrogen) atoms. The van der Waals surface area contributed by atoms with Crippen molar-refractivity contribution >= 4 is 11.6 Å². The molecular weight excluding hydrogens is 295 g/mol. The average Bonchev–Trinajstić information content (AvgIpc) is 2.57. The van der Waals surface area contributed by atoms with Gasteiger partial charge >= 0.3 is 0 Å². The van der Waals surface area contributed by atoms with Crippen LogP contribution in [0.1, 0.15) is 10.4 Å². The highest BCUT2D eigenvalue weighted by Gasteiger charge is 2.07. The molecule has 114 valence electrons. The smallest absolute Gasteiger partial charge is 0.255 e. The van der Waals surface area contributed by atoms with E-state index in [1.807, 2.05) is 0 Å². The molecule has 0 saturated heterocycles. The van der Waals surface area contributed by atoms with Crippen molar-refractivity contribution in [2.75, 3.05) is 5.32 Å². The van der Waals surface area contributed by atoms with Gasteiger partial charge in [0.05, 0.1) is 6.20 Å². The van der Waals surface area contributed by atoms with E-state index in [1.165, 1.54) is 24.3 Å². The number of hydrogen-bond donors (Lipinski definition) is 1. The van der Waals surface area contributed by atoms with Crippen LogP contribution in [0.5, 0.6) is 11.5 Å². The zero-order valence-electron chi connectivity index (χ0n) is 12.1. The number of nitrogens with one attached hydrogen (secondary N) is 1. The number of pyridine rings is 1. The summed E-state index contributed by atoms with van der Waals surface area (Å²) in [4.78, 5) is 16.1. The van der Waals surface area contributed by atoms with Crippen LogP contribution in [-0.2, 0) is 0 Å². The Morgan fingerprint density at radius 2 is 1.78 bits per heavy atom. The molecule has 3 aromatic rings. The summed E-state index contributed by atoms with van der Waals surface area (Å²) in [5.74, 6) is 0.487. The molecule has 0 aliphatic carbocycles. The van der Waals surface area contributed by atoms with Gasteiger partial charge in [-0.15, -0.1) is 0 Å². The maximum absolute atomic E-state index is 12.9. The second-order valence-corrected chi connectivity index (χ2v) is 4.78. The van der Waals surface area contributed by atoms with E-state index in [2.05, 4.69) is 10.3 Å². The zero-order valence-corrected chi connectivity index (χ0v) is 12.1. The number of ether oxygens (including phenoxy) is 1. The van der Waals surface area contributed by atoms with Gasteiger partial charge in [0.2, 0.25) is 0 Å². The first-order chi connectivity index (χ1) is 11.2. The monoisotopic (exact) mass is 308 g/mol. The molecule has 4 nitrogen and oxygen atoms in total. The highest BCUT2D eigenvalue weighted by molar-refractivity contribution is 6.04. The molecule has 0 aliphatic rings. The molecule has 0 unspecified atom stereocenters. The molecule has 1 aromatic heterocycles. The molecule has 1 N–H and O–H groups in total. The maximum atomic E-state index is 12.9. The molecule has 1 heterocycles.